The molecule has 3 fully saturated rings. The Morgan fingerprint density at radius 3 is 2.36 bits per heavy atom. The number of anilines is 1. The zero-order valence-corrected chi connectivity index (χ0v) is 21.5. The van der Waals surface area contributed by atoms with Crippen molar-refractivity contribution in [3.05, 3.63) is 45.9 Å². The minimum absolute atomic E-state index is 0.00934. The Morgan fingerprint density at radius 2 is 1.69 bits per heavy atom. The van der Waals surface area contributed by atoms with Crippen LogP contribution in [0.25, 0.3) is 0 Å². The number of piperidine rings is 1. The second-order valence-electron chi connectivity index (χ2n) is 9.75. The van der Waals surface area contributed by atoms with Crippen LogP contribution >= 0.6 is 22.9 Å². The van der Waals surface area contributed by atoms with E-state index in [1.807, 2.05) is 9.80 Å². The number of rotatable bonds is 6. The summed E-state index contributed by atoms with van der Waals surface area (Å²) in [6.07, 6.45) is 3.24. The highest BCUT2D eigenvalue weighted by atomic mass is 35.5. The van der Waals surface area contributed by atoms with E-state index in [-0.39, 0.29) is 42.3 Å². The molecule has 1 aromatic carbocycles. The normalized spacial score (nSPS) is 24.1. The lowest BCUT2D eigenvalue weighted by atomic mass is 10.00. The summed E-state index contributed by atoms with van der Waals surface area (Å²) in [6.45, 7) is 2.82. The van der Waals surface area contributed by atoms with Crippen molar-refractivity contribution in [3.63, 3.8) is 0 Å². The van der Waals surface area contributed by atoms with Gasteiger partial charge in [-0.15, -0.1) is 11.3 Å². The van der Waals surface area contributed by atoms with Crippen molar-refractivity contribution in [3.8, 4) is 0 Å². The number of piperazine rings is 1. The molecule has 0 radical (unpaired) electrons. The van der Waals surface area contributed by atoms with E-state index in [9.17, 15) is 19.5 Å². The van der Waals surface area contributed by atoms with Gasteiger partial charge < -0.3 is 14.9 Å². The summed E-state index contributed by atoms with van der Waals surface area (Å²) < 4.78 is 0. The van der Waals surface area contributed by atoms with E-state index >= 15 is 0 Å². The third-order valence-electron chi connectivity index (χ3n) is 7.29. The number of carbonyl (C=O) groups is 3. The van der Waals surface area contributed by atoms with Gasteiger partial charge in [0.2, 0.25) is 11.8 Å². The molecule has 3 aliphatic rings. The molecule has 3 atom stereocenters. The number of hydrogen-bond donors (Lipinski definition) is 2. The fourth-order valence-electron chi connectivity index (χ4n) is 5.47. The predicted molar refractivity (Wildman–Crippen MR) is 137 cm³/mol. The van der Waals surface area contributed by atoms with E-state index in [2.05, 4.69) is 15.2 Å². The maximum Gasteiger partial charge on any atom is 0.257 e. The summed E-state index contributed by atoms with van der Waals surface area (Å²) in [5, 5.41) is 15.5. The van der Waals surface area contributed by atoms with Gasteiger partial charge in [-0.3, -0.25) is 24.6 Å². The third-order valence-corrected chi connectivity index (χ3v) is 8.35. The molecule has 2 aromatic rings. The molecular formula is C25H30ClN5O4S. The number of nitrogens with zero attached hydrogens (tertiary/aromatic N) is 4. The molecule has 1 aromatic heterocycles. The van der Waals surface area contributed by atoms with E-state index < -0.39 is 0 Å². The van der Waals surface area contributed by atoms with Crippen LogP contribution < -0.4 is 5.32 Å². The number of thiazole rings is 1. The Bertz CT molecular complexity index is 1100. The number of aliphatic hydroxyl groups excluding tert-OH is 1. The van der Waals surface area contributed by atoms with Crippen LogP contribution in [0.2, 0.25) is 5.02 Å². The molecule has 2 bridgehead atoms. The molecule has 4 heterocycles. The fraction of sp³-hybridized carbons (Fsp3) is 0.520. The summed E-state index contributed by atoms with van der Waals surface area (Å²) in [4.78, 5) is 48.5. The van der Waals surface area contributed by atoms with Gasteiger partial charge in [0, 0.05) is 54.2 Å². The van der Waals surface area contributed by atoms with Crippen molar-refractivity contribution >= 4 is 45.8 Å². The van der Waals surface area contributed by atoms with E-state index in [1.165, 1.54) is 11.3 Å². The SMILES string of the molecule is O=C(Nc1nc(CC(=O)N2CCN(CC(=O)N3[C@@H]4CC[C@H]3C[C@@H](O)C4)CC2)cs1)c1ccc(Cl)cc1. The smallest absolute Gasteiger partial charge is 0.257 e. The number of halogens is 1. The molecule has 3 amide bonds. The van der Waals surface area contributed by atoms with Crippen LogP contribution in [0.1, 0.15) is 41.7 Å². The third kappa shape index (κ3) is 5.72. The lowest BCUT2D eigenvalue weighted by Crippen LogP contribution is -2.54. The molecule has 11 heteroatoms. The van der Waals surface area contributed by atoms with Crippen LogP contribution in [0.4, 0.5) is 5.13 Å². The molecule has 0 spiro atoms. The molecule has 2 N–H and O–H groups in total. The van der Waals surface area contributed by atoms with Gasteiger partial charge in [-0.05, 0) is 49.9 Å². The van der Waals surface area contributed by atoms with Gasteiger partial charge in [0.15, 0.2) is 5.13 Å². The van der Waals surface area contributed by atoms with Gasteiger partial charge >= 0.3 is 0 Å². The van der Waals surface area contributed by atoms with Crippen LogP contribution in [0.5, 0.6) is 0 Å². The van der Waals surface area contributed by atoms with Gasteiger partial charge in [-0.1, -0.05) is 11.6 Å². The van der Waals surface area contributed by atoms with Gasteiger partial charge in [-0.25, -0.2) is 4.98 Å². The number of fused-ring (bicyclic) bond motifs is 2. The second kappa shape index (κ2) is 10.8. The Hall–Kier alpha value is -2.53. The summed E-state index contributed by atoms with van der Waals surface area (Å²) in [7, 11) is 0. The molecule has 0 unspecified atom stereocenters. The molecule has 3 saturated heterocycles. The number of benzene rings is 1. The van der Waals surface area contributed by atoms with Crippen molar-refractivity contribution in [1.82, 2.24) is 19.7 Å². The molecular weight excluding hydrogens is 502 g/mol. The van der Waals surface area contributed by atoms with Gasteiger partial charge in [0.25, 0.3) is 5.91 Å². The van der Waals surface area contributed by atoms with Crippen molar-refractivity contribution in [2.75, 3.05) is 38.0 Å². The quantitative estimate of drug-likeness (QED) is 0.592. The van der Waals surface area contributed by atoms with Crippen LogP contribution in [0.3, 0.4) is 0 Å². The van der Waals surface area contributed by atoms with E-state index in [4.69, 9.17) is 11.6 Å². The molecule has 3 aliphatic heterocycles. The largest absolute Gasteiger partial charge is 0.393 e. The number of carbonyl (C=O) groups excluding carboxylic acids is 3. The zero-order chi connectivity index (χ0) is 25.2. The van der Waals surface area contributed by atoms with Gasteiger partial charge in [0.1, 0.15) is 0 Å². The van der Waals surface area contributed by atoms with Crippen molar-refractivity contribution in [2.24, 2.45) is 0 Å². The maximum absolute atomic E-state index is 13.0. The maximum atomic E-state index is 13.0. The standard InChI is InChI=1S/C25H30ClN5O4S/c26-17-3-1-16(2-4-17)24(35)28-25-27-18(15-36-25)11-22(33)30-9-7-29(8-10-30)14-23(34)31-19-5-6-20(31)13-21(32)12-19/h1-4,15,19-21,32H,5-14H2,(H,27,28,35)/t19-,20+,21+. The van der Waals surface area contributed by atoms with Crippen molar-refractivity contribution in [2.45, 2.75) is 50.3 Å². The molecule has 9 nitrogen and oxygen atoms in total. The highest BCUT2D eigenvalue weighted by Crippen LogP contribution is 2.35. The number of amides is 3. The van der Waals surface area contributed by atoms with Crippen LogP contribution in [-0.2, 0) is 16.0 Å². The second-order valence-corrected chi connectivity index (χ2v) is 11.0. The summed E-state index contributed by atoms with van der Waals surface area (Å²) in [5.41, 5.74) is 1.10. The van der Waals surface area contributed by atoms with Gasteiger partial charge in [0.05, 0.1) is 24.8 Å². The highest BCUT2D eigenvalue weighted by Gasteiger charge is 2.43. The Balaban J connectivity index is 1.07. The first kappa shape index (κ1) is 25.1. The Labute approximate surface area is 219 Å². The fourth-order valence-corrected chi connectivity index (χ4v) is 6.30. The molecule has 0 saturated carbocycles. The molecule has 192 valence electrons. The summed E-state index contributed by atoms with van der Waals surface area (Å²) in [6, 6.07) is 6.94. The number of aliphatic hydroxyl groups is 1. The average molecular weight is 532 g/mol. The molecule has 0 aliphatic carbocycles. The minimum atomic E-state index is -0.283. The summed E-state index contributed by atoms with van der Waals surface area (Å²) >= 11 is 7.15. The topological polar surface area (TPSA) is 106 Å². The number of nitrogens with one attached hydrogen (secondary N) is 1. The summed E-state index contributed by atoms with van der Waals surface area (Å²) in [5.74, 6) is -0.145. The van der Waals surface area contributed by atoms with Crippen molar-refractivity contribution < 1.29 is 19.5 Å². The van der Waals surface area contributed by atoms with E-state index in [1.54, 1.807) is 29.6 Å². The molecule has 36 heavy (non-hydrogen) atoms. The van der Waals surface area contributed by atoms with Crippen molar-refractivity contribution in [1.29, 1.82) is 0 Å². The average Bonchev–Trinajstić information content (AvgIpc) is 3.41. The van der Waals surface area contributed by atoms with Crippen LogP contribution in [-0.4, -0.2) is 93.4 Å². The Morgan fingerprint density at radius 1 is 1.03 bits per heavy atom. The first-order chi connectivity index (χ1) is 17.4. The highest BCUT2D eigenvalue weighted by molar-refractivity contribution is 7.14. The number of hydrogen-bond acceptors (Lipinski definition) is 7. The van der Waals surface area contributed by atoms with Crippen LogP contribution in [0, 0.1) is 0 Å². The lowest BCUT2D eigenvalue weighted by molar-refractivity contribution is -0.139. The minimum Gasteiger partial charge on any atom is -0.393 e. The first-order valence-electron chi connectivity index (χ1n) is 12.4. The first-order valence-corrected chi connectivity index (χ1v) is 13.6. The monoisotopic (exact) mass is 531 g/mol. The Kier molecular flexibility index (Phi) is 7.57. The van der Waals surface area contributed by atoms with Crippen LogP contribution in [0.15, 0.2) is 29.6 Å². The number of aromatic nitrogens is 1. The zero-order valence-electron chi connectivity index (χ0n) is 19.9. The van der Waals surface area contributed by atoms with Gasteiger partial charge in [-0.2, -0.15) is 0 Å². The van der Waals surface area contributed by atoms with E-state index in [0.29, 0.717) is 67.0 Å². The van der Waals surface area contributed by atoms with E-state index in [0.717, 1.165) is 12.8 Å². The predicted octanol–water partition coefficient (Wildman–Crippen LogP) is 2.25. The lowest BCUT2D eigenvalue weighted by Gasteiger charge is -2.40. The molecule has 5 rings (SSSR count).